The molecule has 1 amide bonds. The van der Waals surface area contributed by atoms with E-state index in [0.29, 0.717) is 12.3 Å². The summed E-state index contributed by atoms with van der Waals surface area (Å²) in [6.45, 7) is 9.86. The van der Waals surface area contributed by atoms with Gasteiger partial charge < -0.3 is 10.1 Å². The predicted octanol–water partition coefficient (Wildman–Crippen LogP) is 5.21. The molecule has 33 heavy (non-hydrogen) atoms. The Kier molecular flexibility index (Phi) is 7.26. The summed E-state index contributed by atoms with van der Waals surface area (Å²) in [6.07, 6.45) is 2.07. The number of ether oxygens (including phenoxy) is 1. The second-order valence-electron chi connectivity index (χ2n) is 8.68. The van der Waals surface area contributed by atoms with E-state index in [0.717, 1.165) is 19.5 Å². The number of carbonyl (C=O) groups excluding carboxylic acids is 1. The van der Waals surface area contributed by atoms with Crippen molar-refractivity contribution in [1.82, 2.24) is 10.2 Å². The summed E-state index contributed by atoms with van der Waals surface area (Å²) in [7, 11) is 0. The zero-order valence-corrected chi connectivity index (χ0v) is 19.5. The van der Waals surface area contributed by atoms with Gasteiger partial charge in [-0.05, 0) is 54.7 Å². The van der Waals surface area contributed by atoms with Crippen LogP contribution in [0.5, 0.6) is 5.75 Å². The second kappa shape index (κ2) is 10.5. The number of benzene rings is 3. The van der Waals surface area contributed by atoms with Gasteiger partial charge in [0.05, 0.1) is 6.04 Å². The molecule has 0 saturated heterocycles. The highest BCUT2D eigenvalue weighted by molar-refractivity contribution is 5.80. The van der Waals surface area contributed by atoms with E-state index < -0.39 is 6.10 Å². The summed E-state index contributed by atoms with van der Waals surface area (Å²) in [5.41, 5.74) is 6.44. The highest BCUT2D eigenvalue weighted by Crippen LogP contribution is 2.38. The number of fused-ring (bicyclic) bond motifs is 1. The molecule has 0 aromatic heterocycles. The number of hydrogen-bond acceptors (Lipinski definition) is 3. The smallest absolute Gasteiger partial charge is 0.261 e. The molecule has 3 aromatic rings. The van der Waals surface area contributed by atoms with Crippen LogP contribution < -0.4 is 10.1 Å². The van der Waals surface area contributed by atoms with Crippen LogP contribution in [0.3, 0.4) is 0 Å². The lowest BCUT2D eigenvalue weighted by atomic mass is 9.87. The number of aryl methyl sites for hydroxylation is 1. The van der Waals surface area contributed by atoms with Gasteiger partial charge in [0.25, 0.3) is 5.91 Å². The third-order valence-electron chi connectivity index (χ3n) is 6.13. The fraction of sp³-hybridized carbons (Fsp3) is 0.276. The lowest BCUT2D eigenvalue weighted by molar-refractivity contribution is -0.127. The topological polar surface area (TPSA) is 41.6 Å². The molecule has 1 aliphatic rings. The average Bonchev–Trinajstić information content (AvgIpc) is 2.83. The maximum atomic E-state index is 12.3. The zero-order chi connectivity index (χ0) is 23.2. The van der Waals surface area contributed by atoms with Crippen LogP contribution >= 0.6 is 0 Å². The first kappa shape index (κ1) is 22.8. The van der Waals surface area contributed by atoms with E-state index in [1.807, 2.05) is 6.07 Å². The third-order valence-corrected chi connectivity index (χ3v) is 6.13. The molecule has 4 nitrogen and oxygen atoms in total. The number of rotatable bonds is 8. The minimum absolute atomic E-state index is 0.129. The Labute approximate surface area is 196 Å². The molecule has 1 heterocycles. The van der Waals surface area contributed by atoms with Gasteiger partial charge in [0.1, 0.15) is 5.75 Å². The fourth-order valence-electron chi connectivity index (χ4n) is 4.53. The summed E-state index contributed by atoms with van der Waals surface area (Å²) in [5.74, 6) is 0.571. The number of nitrogens with zero attached hydrogens (tertiary/aromatic N) is 1. The summed E-state index contributed by atoms with van der Waals surface area (Å²) < 4.78 is 6.03. The van der Waals surface area contributed by atoms with Crippen LogP contribution in [0.25, 0.3) is 0 Å². The minimum atomic E-state index is -0.579. The van der Waals surface area contributed by atoms with E-state index in [1.165, 1.54) is 27.8 Å². The first-order chi connectivity index (χ1) is 16.0. The van der Waals surface area contributed by atoms with E-state index >= 15 is 0 Å². The summed E-state index contributed by atoms with van der Waals surface area (Å²) in [4.78, 5) is 14.8. The van der Waals surface area contributed by atoms with Crippen molar-refractivity contribution in [3.8, 4) is 5.75 Å². The number of hydrogen-bond donors (Lipinski definition) is 1. The van der Waals surface area contributed by atoms with Crippen LogP contribution in [-0.4, -0.2) is 30.0 Å². The molecule has 4 rings (SSSR count). The van der Waals surface area contributed by atoms with Crippen molar-refractivity contribution in [2.75, 3.05) is 13.1 Å². The van der Waals surface area contributed by atoms with Crippen molar-refractivity contribution in [2.24, 2.45) is 0 Å². The molecule has 1 aliphatic heterocycles. The van der Waals surface area contributed by atoms with Crippen LogP contribution in [0.4, 0.5) is 0 Å². The monoisotopic (exact) mass is 440 g/mol. The Hall–Kier alpha value is -3.37. The van der Waals surface area contributed by atoms with Gasteiger partial charge in [0.15, 0.2) is 6.10 Å². The van der Waals surface area contributed by atoms with Crippen LogP contribution in [-0.2, 0) is 17.8 Å². The van der Waals surface area contributed by atoms with Crippen molar-refractivity contribution in [3.05, 3.63) is 113 Å². The zero-order valence-electron chi connectivity index (χ0n) is 19.5. The summed E-state index contributed by atoms with van der Waals surface area (Å²) in [5, 5.41) is 2.80. The van der Waals surface area contributed by atoms with Gasteiger partial charge in [0.2, 0.25) is 0 Å². The molecule has 0 spiro atoms. The van der Waals surface area contributed by atoms with E-state index in [2.05, 4.69) is 90.4 Å². The van der Waals surface area contributed by atoms with Crippen LogP contribution in [0.1, 0.15) is 40.8 Å². The first-order valence-electron chi connectivity index (χ1n) is 11.6. The fourth-order valence-corrected chi connectivity index (χ4v) is 4.53. The molecule has 0 radical (unpaired) electrons. The lowest BCUT2D eigenvalue weighted by Crippen LogP contribution is -2.37. The van der Waals surface area contributed by atoms with Crippen molar-refractivity contribution in [1.29, 1.82) is 0 Å². The number of carbonyl (C=O) groups is 1. The van der Waals surface area contributed by atoms with E-state index in [1.54, 1.807) is 13.0 Å². The van der Waals surface area contributed by atoms with E-state index in [4.69, 9.17) is 4.74 Å². The predicted molar refractivity (Wildman–Crippen MR) is 133 cm³/mol. The second-order valence-corrected chi connectivity index (χ2v) is 8.68. The molecule has 0 unspecified atom stereocenters. The Morgan fingerprint density at radius 2 is 1.97 bits per heavy atom. The van der Waals surface area contributed by atoms with Crippen molar-refractivity contribution >= 4 is 5.91 Å². The molecule has 0 fully saturated rings. The van der Waals surface area contributed by atoms with Gasteiger partial charge in [-0.2, -0.15) is 0 Å². The molecular weight excluding hydrogens is 408 g/mol. The van der Waals surface area contributed by atoms with Gasteiger partial charge >= 0.3 is 0 Å². The van der Waals surface area contributed by atoms with Crippen LogP contribution in [0.15, 0.2) is 85.5 Å². The van der Waals surface area contributed by atoms with Crippen molar-refractivity contribution < 1.29 is 9.53 Å². The molecular formula is C29H32N2O2. The SMILES string of the molecule is C=CCNC(=O)[C@@H](C)Oc1ccc2c(c1)[C@@H](c1ccccc1)N(Cc1cccc(C)c1)CC2. The van der Waals surface area contributed by atoms with Crippen molar-refractivity contribution in [3.63, 3.8) is 0 Å². The summed E-state index contributed by atoms with van der Waals surface area (Å²) >= 11 is 0. The number of amides is 1. The van der Waals surface area contributed by atoms with E-state index in [-0.39, 0.29) is 11.9 Å². The van der Waals surface area contributed by atoms with Gasteiger partial charge in [-0.3, -0.25) is 9.69 Å². The third kappa shape index (κ3) is 5.52. The quantitative estimate of drug-likeness (QED) is 0.489. The first-order valence-corrected chi connectivity index (χ1v) is 11.6. The highest BCUT2D eigenvalue weighted by atomic mass is 16.5. The lowest BCUT2D eigenvalue weighted by Gasteiger charge is -2.38. The molecule has 4 heteroatoms. The molecule has 0 bridgehead atoms. The van der Waals surface area contributed by atoms with Crippen LogP contribution in [0.2, 0.25) is 0 Å². The van der Waals surface area contributed by atoms with Gasteiger partial charge in [-0.25, -0.2) is 0 Å². The molecule has 0 saturated carbocycles. The maximum absolute atomic E-state index is 12.3. The van der Waals surface area contributed by atoms with Gasteiger partial charge in [-0.1, -0.05) is 72.3 Å². The Bertz CT molecular complexity index is 1110. The highest BCUT2D eigenvalue weighted by Gasteiger charge is 2.29. The molecule has 1 N–H and O–H groups in total. The molecule has 0 aliphatic carbocycles. The summed E-state index contributed by atoms with van der Waals surface area (Å²) in [6, 6.07) is 25.8. The molecule has 3 aromatic carbocycles. The standard InChI is InChI=1S/C29H32N2O2/c1-4-16-30-29(32)22(3)33-26-14-13-24-15-17-31(20-23-10-8-9-21(2)18-23)28(27(24)19-26)25-11-6-5-7-12-25/h4-14,18-19,22,28H,1,15-17,20H2,2-3H3,(H,30,32)/t22-,28-/m1/s1. The van der Waals surface area contributed by atoms with E-state index in [9.17, 15) is 4.79 Å². The van der Waals surface area contributed by atoms with Gasteiger partial charge in [0, 0.05) is 19.6 Å². The Morgan fingerprint density at radius 1 is 1.15 bits per heavy atom. The normalized spacial score (nSPS) is 16.5. The largest absolute Gasteiger partial charge is 0.481 e. The van der Waals surface area contributed by atoms with Crippen LogP contribution in [0, 0.1) is 6.92 Å². The minimum Gasteiger partial charge on any atom is -0.481 e. The van der Waals surface area contributed by atoms with Gasteiger partial charge in [-0.15, -0.1) is 6.58 Å². The maximum Gasteiger partial charge on any atom is 0.261 e. The molecule has 170 valence electrons. The average molecular weight is 441 g/mol. The van der Waals surface area contributed by atoms with Crippen molar-refractivity contribution in [2.45, 2.75) is 39.0 Å². The number of nitrogens with one attached hydrogen (secondary N) is 1. The Balaban J connectivity index is 1.64. The Morgan fingerprint density at radius 3 is 2.73 bits per heavy atom. The molecule has 2 atom stereocenters.